The second kappa shape index (κ2) is 26.4. The van der Waals surface area contributed by atoms with Crippen molar-refractivity contribution in [3.63, 3.8) is 0 Å². The lowest BCUT2D eigenvalue weighted by atomic mass is 10.1. The van der Waals surface area contributed by atoms with Crippen LogP contribution in [0, 0.1) is 0 Å². The number of nitrogens with zero attached hydrogens (tertiary/aromatic N) is 1. The van der Waals surface area contributed by atoms with Crippen molar-refractivity contribution < 1.29 is 5.11 Å². The van der Waals surface area contributed by atoms with Gasteiger partial charge in [0.1, 0.15) is 0 Å². The molecule has 0 spiro atoms. The van der Waals surface area contributed by atoms with Gasteiger partial charge in [0.25, 0.3) is 0 Å². The quantitative estimate of drug-likeness (QED) is 0.125. The summed E-state index contributed by atoms with van der Waals surface area (Å²) in [7, 11) is 0. The largest absolute Gasteiger partial charge is 0.395 e. The third kappa shape index (κ3) is 23.7. The van der Waals surface area contributed by atoms with Gasteiger partial charge in [-0.2, -0.15) is 0 Å². The van der Waals surface area contributed by atoms with E-state index in [0.29, 0.717) is 6.61 Å². The Balaban J connectivity index is 3.45. The monoisotopic (exact) mass is 421 g/mol. The van der Waals surface area contributed by atoms with Crippen LogP contribution >= 0.6 is 0 Å². The summed E-state index contributed by atoms with van der Waals surface area (Å²) >= 11 is 0. The highest BCUT2D eigenvalue weighted by molar-refractivity contribution is 4.92. The topological polar surface area (TPSA) is 23.5 Å². The van der Waals surface area contributed by atoms with Crippen molar-refractivity contribution in [2.75, 3.05) is 26.2 Å². The molecule has 0 aromatic carbocycles. The highest BCUT2D eigenvalue weighted by atomic mass is 16.3. The molecule has 0 saturated carbocycles. The first kappa shape index (κ1) is 29.4. The summed E-state index contributed by atoms with van der Waals surface area (Å²) in [6.07, 6.45) is 33.2. The maximum Gasteiger partial charge on any atom is 0.0558 e. The molecule has 0 aliphatic rings. The molecule has 0 bridgehead atoms. The standard InChI is InChI=1S/C28H55NO/c1-3-5-7-9-11-12-13-14-15-16-17-18-19-20-22-24-26-29(27-28-30)25-23-21-10-8-6-4-2/h11-12,14-15,30H,3-10,13,16-28H2,1-2H3/b12-11-,15-14-. The summed E-state index contributed by atoms with van der Waals surface area (Å²) < 4.78 is 0. The first-order valence-corrected chi connectivity index (χ1v) is 13.5. The van der Waals surface area contributed by atoms with E-state index in [-0.39, 0.29) is 0 Å². The minimum atomic E-state index is 0.304. The van der Waals surface area contributed by atoms with Gasteiger partial charge in [0.05, 0.1) is 6.61 Å². The third-order valence-electron chi connectivity index (χ3n) is 5.92. The van der Waals surface area contributed by atoms with E-state index >= 15 is 0 Å². The van der Waals surface area contributed by atoms with Gasteiger partial charge in [0.15, 0.2) is 0 Å². The van der Waals surface area contributed by atoms with Crippen LogP contribution in [0.15, 0.2) is 24.3 Å². The predicted octanol–water partition coefficient (Wildman–Crippen LogP) is 8.45. The predicted molar refractivity (Wildman–Crippen MR) is 136 cm³/mol. The van der Waals surface area contributed by atoms with Crippen molar-refractivity contribution in [1.82, 2.24) is 4.90 Å². The zero-order valence-corrected chi connectivity index (χ0v) is 20.8. The Hall–Kier alpha value is -0.600. The molecule has 0 radical (unpaired) electrons. The van der Waals surface area contributed by atoms with Crippen LogP contribution in [0.4, 0.5) is 0 Å². The second-order valence-corrected chi connectivity index (χ2v) is 8.92. The lowest BCUT2D eigenvalue weighted by Crippen LogP contribution is -2.29. The van der Waals surface area contributed by atoms with Gasteiger partial charge in [0, 0.05) is 6.54 Å². The number of hydrogen-bond acceptors (Lipinski definition) is 2. The average Bonchev–Trinajstić information content (AvgIpc) is 2.75. The van der Waals surface area contributed by atoms with E-state index in [1.165, 1.54) is 122 Å². The van der Waals surface area contributed by atoms with Crippen LogP contribution in [0.2, 0.25) is 0 Å². The van der Waals surface area contributed by atoms with Crippen molar-refractivity contribution in [2.45, 2.75) is 129 Å². The minimum Gasteiger partial charge on any atom is -0.395 e. The van der Waals surface area contributed by atoms with Crippen LogP contribution in [0.1, 0.15) is 129 Å². The van der Waals surface area contributed by atoms with Crippen LogP contribution < -0.4 is 0 Å². The molecule has 0 saturated heterocycles. The van der Waals surface area contributed by atoms with Gasteiger partial charge in [0.2, 0.25) is 0 Å². The van der Waals surface area contributed by atoms with Gasteiger partial charge in [-0.05, 0) is 58.0 Å². The van der Waals surface area contributed by atoms with Crippen LogP contribution in [0.25, 0.3) is 0 Å². The highest BCUT2D eigenvalue weighted by Gasteiger charge is 2.03. The Kier molecular flexibility index (Phi) is 25.9. The normalized spacial score (nSPS) is 12.1. The molecule has 0 aromatic rings. The molecule has 30 heavy (non-hydrogen) atoms. The van der Waals surface area contributed by atoms with E-state index < -0.39 is 0 Å². The molecule has 0 atom stereocenters. The molecule has 2 heteroatoms. The Morgan fingerprint density at radius 2 is 0.933 bits per heavy atom. The van der Waals surface area contributed by atoms with E-state index in [1.807, 2.05) is 0 Å². The van der Waals surface area contributed by atoms with Gasteiger partial charge in [-0.15, -0.1) is 0 Å². The molecule has 0 heterocycles. The molecule has 0 amide bonds. The fourth-order valence-corrected chi connectivity index (χ4v) is 3.92. The molecule has 178 valence electrons. The smallest absolute Gasteiger partial charge is 0.0558 e. The van der Waals surface area contributed by atoms with Crippen LogP contribution in [-0.2, 0) is 0 Å². The minimum absolute atomic E-state index is 0.304. The summed E-state index contributed by atoms with van der Waals surface area (Å²) in [4.78, 5) is 2.48. The first-order valence-electron chi connectivity index (χ1n) is 13.5. The summed E-state index contributed by atoms with van der Waals surface area (Å²) in [5, 5.41) is 9.29. The summed E-state index contributed by atoms with van der Waals surface area (Å²) in [5.74, 6) is 0. The lowest BCUT2D eigenvalue weighted by Gasteiger charge is -2.21. The average molecular weight is 422 g/mol. The van der Waals surface area contributed by atoms with Gasteiger partial charge in [-0.1, -0.05) is 109 Å². The Morgan fingerprint density at radius 3 is 1.47 bits per heavy atom. The van der Waals surface area contributed by atoms with E-state index in [4.69, 9.17) is 0 Å². The van der Waals surface area contributed by atoms with Crippen LogP contribution in [0.3, 0.4) is 0 Å². The second-order valence-electron chi connectivity index (χ2n) is 8.92. The SMILES string of the molecule is CCCCC/C=C\C/C=C\CCCCCCCCN(CCO)CCCCCCCC. The van der Waals surface area contributed by atoms with Gasteiger partial charge in [-0.25, -0.2) is 0 Å². The molecule has 0 rings (SSSR count). The summed E-state index contributed by atoms with van der Waals surface area (Å²) in [6, 6.07) is 0. The van der Waals surface area contributed by atoms with Crippen molar-refractivity contribution in [2.24, 2.45) is 0 Å². The molecule has 1 N–H and O–H groups in total. The van der Waals surface area contributed by atoms with E-state index in [2.05, 4.69) is 43.1 Å². The fourth-order valence-electron chi connectivity index (χ4n) is 3.92. The zero-order chi connectivity index (χ0) is 22.0. The van der Waals surface area contributed by atoms with Crippen LogP contribution in [0.5, 0.6) is 0 Å². The summed E-state index contributed by atoms with van der Waals surface area (Å²) in [5.41, 5.74) is 0. The van der Waals surface area contributed by atoms with Crippen molar-refractivity contribution in [3.8, 4) is 0 Å². The van der Waals surface area contributed by atoms with E-state index in [0.717, 1.165) is 13.0 Å². The van der Waals surface area contributed by atoms with Crippen molar-refractivity contribution in [3.05, 3.63) is 24.3 Å². The first-order chi connectivity index (χ1) is 14.8. The molecule has 0 unspecified atom stereocenters. The highest BCUT2D eigenvalue weighted by Crippen LogP contribution is 2.10. The Labute approximate surface area is 190 Å². The molecular weight excluding hydrogens is 366 g/mol. The fraction of sp³-hybridized carbons (Fsp3) is 0.857. The van der Waals surface area contributed by atoms with Gasteiger partial charge >= 0.3 is 0 Å². The van der Waals surface area contributed by atoms with E-state index in [9.17, 15) is 5.11 Å². The third-order valence-corrected chi connectivity index (χ3v) is 5.92. The lowest BCUT2D eigenvalue weighted by molar-refractivity contribution is 0.190. The Morgan fingerprint density at radius 1 is 0.500 bits per heavy atom. The Bertz CT molecular complexity index is 364. The zero-order valence-electron chi connectivity index (χ0n) is 20.8. The number of rotatable bonds is 24. The number of hydrogen-bond donors (Lipinski definition) is 1. The van der Waals surface area contributed by atoms with Gasteiger partial charge < -0.3 is 10.0 Å². The molecule has 0 fully saturated rings. The van der Waals surface area contributed by atoms with Gasteiger partial charge in [-0.3, -0.25) is 0 Å². The number of aliphatic hydroxyl groups excluding tert-OH is 1. The maximum atomic E-state index is 9.29. The maximum absolute atomic E-state index is 9.29. The molecule has 0 aliphatic heterocycles. The molecular formula is C28H55NO. The molecule has 0 aliphatic carbocycles. The van der Waals surface area contributed by atoms with Crippen molar-refractivity contribution >= 4 is 0 Å². The summed E-state index contributed by atoms with van der Waals surface area (Å²) in [6.45, 7) is 8.04. The molecule has 0 aromatic heterocycles. The van der Waals surface area contributed by atoms with Crippen LogP contribution in [-0.4, -0.2) is 36.2 Å². The number of allylic oxidation sites excluding steroid dienone is 4. The molecule has 2 nitrogen and oxygen atoms in total. The number of unbranched alkanes of at least 4 members (excludes halogenated alkanes) is 14. The number of aliphatic hydroxyl groups is 1. The van der Waals surface area contributed by atoms with E-state index in [1.54, 1.807) is 0 Å². The van der Waals surface area contributed by atoms with Crippen molar-refractivity contribution in [1.29, 1.82) is 0 Å².